The first-order valence-corrected chi connectivity index (χ1v) is 6.69. The lowest BCUT2D eigenvalue weighted by atomic mass is 10.1. The summed E-state index contributed by atoms with van der Waals surface area (Å²) in [6.45, 7) is 8.18. The zero-order valence-electron chi connectivity index (χ0n) is 11.8. The predicted octanol–water partition coefficient (Wildman–Crippen LogP) is 1.35. The topological polar surface area (TPSA) is 58.4 Å². The van der Waals surface area contributed by atoms with Crippen LogP contribution in [-0.4, -0.2) is 43.0 Å². The SMILES string of the molecule is CCCC(N)CC(=O)NCCCN(C)C(C)C. The molecule has 0 aliphatic carbocycles. The average molecular weight is 243 g/mol. The molecule has 0 heterocycles. The summed E-state index contributed by atoms with van der Waals surface area (Å²) in [4.78, 5) is 13.8. The Labute approximate surface area is 106 Å². The van der Waals surface area contributed by atoms with Crippen molar-refractivity contribution in [3.05, 3.63) is 0 Å². The number of nitrogens with one attached hydrogen (secondary N) is 1. The maximum absolute atomic E-state index is 11.5. The minimum absolute atomic E-state index is 0.0123. The van der Waals surface area contributed by atoms with Crippen LogP contribution in [0.1, 0.15) is 46.5 Å². The number of carbonyl (C=O) groups excluding carboxylic acids is 1. The third-order valence-electron chi connectivity index (χ3n) is 3.00. The second-order valence-electron chi connectivity index (χ2n) is 5.03. The van der Waals surface area contributed by atoms with Gasteiger partial charge in [-0.1, -0.05) is 13.3 Å². The van der Waals surface area contributed by atoms with Gasteiger partial charge in [-0.2, -0.15) is 0 Å². The Morgan fingerprint density at radius 3 is 2.59 bits per heavy atom. The molecule has 1 unspecified atom stereocenters. The van der Waals surface area contributed by atoms with Crippen molar-refractivity contribution in [2.45, 2.75) is 58.5 Å². The van der Waals surface area contributed by atoms with Crippen LogP contribution in [0.25, 0.3) is 0 Å². The van der Waals surface area contributed by atoms with E-state index in [1.54, 1.807) is 0 Å². The fourth-order valence-electron chi connectivity index (χ4n) is 1.60. The number of nitrogens with two attached hydrogens (primary N) is 1. The second-order valence-corrected chi connectivity index (χ2v) is 5.03. The summed E-state index contributed by atoms with van der Waals surface area (Å²) >= 11 is 0. The van der Waals surface area contributed by atoms with E-state index in [-0.39, 0.29) is 11.9 Å². The average Bonchev–Trinajstić information content (AvgIpc) is 2.24. The van der Waals surface area contributed by atoms with Crippen molar-refractivity contribution in [2.24, 2.45) is 5.73 Å². The number of nitrogens with zero attached hydrogens (tertiary/aromatic N) is 1. The molecule has 0 saturated carbocycles. The van der Waals surface area contributed by atoms with Crippen LogP contribution in [0, 0.1) is 0 Å². The zero-order valence-corrected chi connectivity index (χ0v) is 11.8. The van der Waals surface area contributed by atoms with Gasteiger partial charge in [0.05, 0.1) is 0 Å². The molecule has 1 atom stereocenters. The van der Waals surface area contributed by atoms with Crippen LogP contribution in [0.4, 0.5) is 0 Å². The molecule has 0 aliphatic heterocycles. The van der Waals surface area contributed by atoms with Crippen molar-refractivity contribution in [3.8, 4) is 0 Å². The summed E-state index contributed by atoms with van der Waals surface area (Å²) in [7, 11) is 2.10. The van der Waals surface area contributed by atoms with Crippen LogP contribution in [0.5, 0.6) is 0 Å². The van der Waals surface area contributed by atoms with E-state index in [4.69, 9.17) is 5.73 Å². The highest BCUT2D eigenvalue weighted by molar-refractivity contribution is 5.76. The van der Waals surface area contributed by atoms with Gasteiger partial charge in [0, 0.05) is 25.0 Å². The van der Waals surface area contributed by atoms with E-state index in [1.165, 1.54) is 0 Å². The maximum Gasteiger partial charge on any atom is 0.221 e. The monoisotopic (exact) mass is 243 g/mol. The molecule has 0 bridgehead atoms. The Morgan fingerprint density at radius 2 is 2.06 bits per heavy atom. The molecule has 0 aromatic carbocycles. The van der Waals surface area contributed by atoms with E-state index in [2.05, 4.69) is 38.0 Å². The van der Waals surface area contributed by atoms with Crippen LogP contribution in [0.3, 0.4) is 0 Å². The van der Waals surface area contributed by atoms with Crippen LogP contribution >= 0.6 is 0 Å². The quantitative estimate of drug-likeness (QED) is 0.601. The molecule has 3 N–H and O–H groups in total. The van der Waals surface area contributed by atoms with Gasteiger partial charge in [0.25, 0.3) is 0 Å². The van der Waals surface area contributed by atoms with Crippen molar-refractivity contribution in [1.29, 1.82) is 0 Å². The number of hydrogen-bond acceptors (Lipinski definition) is 3. The van der Waals surface area contributed by atoms with Gasteiger partial charge in [-0.05, 0) is 40.3 Å². The summed E-state index contributed by atoms with van der Waals surface area (Å²) in [5.41, 5.74) is 5.81. The van der Waals surface area contributed by atoms with E-state index in [0.717, 1.165) is 32.4 Å². The Bertz CT molecular complexity index is 207. The molecule has 0 aromatic rings. The summed E-state index contributed by atoms with van der Waals surface area (Å²) in [5.74, 6) is 0.0816. The van der Waals surface area contributed by atoms with Gasteiger partial charge in [0.2, 0.25) is 5.91 Å². The molecule has 0 saturated heterocycles. The van der Waals surface area contributed by atoms with Gasteiger partial charge < -0.3 is 16.0 Å². The Hall–Kier alpha value is -0.610. The normalized spacial score (nSPS) is 13.1. The molecule has 0 aliphatic rings. The van der Waals surface area contributed by atoms with Crippen molar-refractivity contribution < 1.29 is 4.79 Å². The molecule has 0 spiro atoms. The van der Waals surface area contributed by atoms with Crippen LogP contribution in [-0.2, 0) is 4.79 Å². The summed E-state index contributed by atoms with van der Waals surface area (Å²) in [6.07, 6.45) is 3.40. The highest BCUT2D eigenvalue weighted by atomic mass is 16.1. The molecule has 4 nitrogen and oxygen atoms in total. The minimum Gasteiger partial charge on any atom is -0.356 e. The lowest BCUT2D eigenvalue weighted by Crippen LogP contribution is -2.34. The standard InChI is InChI=1S/C13H29N3O/c1-5-7-12(14)10-13(17)15-8-6-9-16(4)11(2)3/h11-12H,5-10,14H2,1-4H3,(H,15,17). The Kier molecular flexibility index (Phi) is 9.09. The molecule has 4 heteroatoms. The highest BCUT2D eigenvalue weighted by Gasteiger charge is 2.08. The van der Waals surface area contributed by atoms with Crippen LogP contribution < -0.4 is 11.1 Å². The number of amides is 1. The molecule has 102 valence electrons. The van der Waals surface area contributed by atoms with Gasteiger partial charge in [-0.15, -0.1) is 0 Å². The van der Waals surface area contributed by atoms with Crippen LogP contribution in [0.2, 0.25) is 0 Å². The van der Waals surface area contributed by atoms with Crippen molar-refractivity contribution >= 4 is 5.91 Å². The Morgan fingerprint density at radius 1 is 1.41 bits per heavy atom. The fraction of sp³-hybridized carbons (Fsp3) is 0.923. The van der Waals surface area contributed by atoms with Gasteiger partial charge in [0.1, 0.15) is 0 Å². The lowest BCUT2D eigenvalue weighted by molar-refractivity contribution is -0.121. The molecule has 0 aromatic heterocycles. The van der Waals surface area contributed by atoms with E-state index < -0.39 is 0 Å². The van der Waals surface area contributed by atoms with Gasteiger partial charge in [-0.25, -0.2) is 0 Å². The number of hydrogen-bond donors (Lipinski definition) is 2. The lowest BCUT2D eigenvalue weighted by Gasteiger charge is -2.20. The highest BCUT2D eigenvalue weighted by Crippen LogP contribution is 1.98. The first kappa shape index (κ1) is 16.4. The molecule has 1 amide bonds. The van der Waals surface area contributed by atoms with Gasteiger partial charge >= 0.3 is 0 Å². The van der Waals surface area contributed by atoms with Crippen molar-refractivity contribution in [2.75, 3.05) is 20.1 Å². The van der Waals surface area contributed by atoms with Gasteiger partial charge in [-0.3, -0.25) is 4.79 Å². The maximum atomic E-state index is 11.5. The summed E-state index contributed by atoms with van der Waals surface area (Å²) < 4.78 is 0. The third kappa shape index (κ3) is 9.12. The van der Waals surface area contributed by atoms with Gasteiger partial charge in [0.15, 0.2) is 0 Å². The van der Waals surface area contributed by atoms with E-state index >= 15 is 0 Å². The molecule has 0 radical (unpaired) electrons. The smallest absolute Gasteiger partial charge is 0.221 e. The van der Waals surface area contributed by atoms with E-state index in [9.17, 15) is 4.79 Å². The fourth-order valence-corrected chi connectivity index (χ4v) is 1.60. The van der Waals surface area contributed by atoms with Crippen LogP contribution in [0.15, 0.2) is 0 Å². The summed E-state index contributed by atoms with van der Waals surface area (Å²) in [5, 5.41) is 2.92. The molecular weight excluding hydrogens is 214 g/mol. The largest absolute Gasteiger partial charge is 0.356 e. The molecular formula is C13H29N3O. The van der Waals surface area contributed by atoms with E-state index in [1.807, 2.05) is 0 Å². The first-order valence-electron chi connectivity index (χ1n) is 6.69. The predicted molar refractivity (Wildman–Crippen MR) is 72.9 cm³/mol. The zero-order chi connectivity index (χ0) is 13.3. The number of carbonyl (C=O) groups is 1. The minimum atomic E-state index is 0.0123. The van der Waals surface area contributed by atoms with Crippen molar-refractivity contribution in [1.82, 2.24) is 10.2 Å². The molecule has 17 heavy (non-hydrogen) atoms. The Balaban J connectivity index is 3.51. The molecule has 0 fully saturated rings. The third-order valence-corrected chi connectivity index (χ3v) is 3.00. The summed E-state index contributed by atoms with van der Waals surface area (Å²) in [6, 6.07) is 0.571. The van der Waals surface area contributed by atoms with E-state index in [0.29, 0.717) is 12.5 Å². The molecule has 0 rings (SSSR count). The second kappa shape index (κ2) is 9.42. The van der Waals surface area contributed by atoms with Crippen molar-refractivity contribution in [3.63, 3.8) is 0 Å². The first-order chi connectivity index (χ1) is 7.97. The number of rotatable bonds is 9.